The highest BCUT2D eigenvalue weighted by Crippen LogP contribution is 3.21. The molecule has 4 aliphatic carbocycles. The number of hydrogen-bond donors (Lipinski definition) is 0. The Bertz CT molecular complexity index is 429. The van der Waals surface area contributed by atoms with Gasteiger partial charge in [-0.3, -0.25) is 0 Å². The first-order chi connectivity index (χ1) is 11.3. The topological polar surface area (TPSA) is 18.5 Å². The van der Waals surface area contributed by atoms with Crippen molar-refractivity contribution < 1.29 is 9.78 Å². The molecule has 5 rings (SSSR count). The van der Waals surface area contributed by atoms with Gasteiger partial charge in [0.05, 0.1) is 7.11 Å². The van der Waals surface area contributed by atoms with Crippen LogP contribution in [0.25, 0.3) is 0 Å². The van der Waals surface area contributed by atoms with Crippen LogP contribution in [0.4, 0.5) is 0 Å². The van der Waals surface area contributed by atoms with Crippen molar-refractivity contribution in [3.63, 3.8) is 0 Å². The Labute approximate surface area is 142 Å². The van der Waals surface area contributed by atoms with Gasteiger partial charge in [-0.2, -0.15) is 0 Å². The van der Waals surface area contributed by atoms with Crippen LogP contribution in [0.3, 0.4) is 0 Å². The Morgan fingerprint density at radius 2 is 1.39 bits per heavy atom. The summed E-state index contributed by atoms with van der Waals surface area (Å²) in [6.07, 6.45) is 7.58. The van der Waals surface area contributed by atoms with Crippen LogP contribution in [-0.2, 0) is 9.78 Å². The normalized spacial score (nSPS) is 37.7. The third-order valence-corrected chi connectivity index (χ3v) is 5.78. The van der Waals surface area contributed by atoms with Gasteiger partial charge in [0.15, 0.2) is 0 Å². The van der Waals surface area contributed by atoms with Gasteiger partial charge in [0, 0.05) is 11.3 Å². The van der Waals surface area contributed by atoms with Crippen LogP contribution in [0.15, 0.2) is 36.4 Å². The average Bonchev–Trinajstić information content (AvgIpc) is 3.52. The SMILES string of the molecule is CC.CCCCCC.COOC1C2C34CC3C124.c1ccccc1. The minimum Gasteiger partial charge on any atom is -0.240 e. The predicted octanol–water partition coefficient (Wildman–Crippen LogP) is 5.88. The molecule has 4 saturated carbocycles. The van der Waals surface area contributed by atoms with Crippen molar-refractivity contribution in [2.24, 2.45) is 22.7 Å². The second kappa shape index (κ2) is 7.81. The van der Waals surface area contributed by atoms with Gasteiger partial charge in [0.25, 0.3) is 0 Å². The molecule has 0 amide bonds. The van der Waals surface area contributed by atoms with E-state index in [-0.39, 0.29) is 0 Å². The molecule has 23 heavy (non-hydrogen) atoms. The smallest absolute Gasteiger partial charge is 0.104 e. The molecule has 0 saturated heterocycles. The van der Waals surface area contributed by atoms with Gasteiger partial charge in [-0.15, -0.1) is 0 Å². The largest absolute Gasteiger partial charge is 0.240 e. The van der Waals surface area contributed by atoms with Gasteiger partial charge in [-0.05, 0) is 17.8 Å². The molecule has 2 nitrogen and oxygen atoms in total. The van der Waals surface area contributed by atoms with Crippen LogP contribution in [0, 0.1) is 22.7 Å². The lowest BCUT2D eigenvalue weighted by atomic mass is 10.2. The standard InChI is InChI=1S/C7H8O2.C6H6.C6H14.C2H6/c1-8-9-5-4-6-2-3(6)7(4,5)6;1-2-4-6-5-3-1;1-3-5-6-4-2;1-2/h3-5H,2H2,1H3;1-6H;3-6H2,1-2H3;1-2H3. The Morgan fingerprint density at radius 1 is 0.913 bits per heavy atom. The third-order valence-electron chi connectivity index (χ3n) is 5.78. The molecule has 0 heterocycles. The summed E-state index contributed by atoms with van der Waals surface area (Å²) in [5.74, 6) is 2.05. The molecule has 0 bridgehead atoms. The Kier molecular flexibility index (Phi) is 6.27. The van der Waals surface area contributed by atoms with E-state index in [2.05, 4.69) is 18.7 Å². The van der Waals surface area contributed by atoms with E-state index in [0.717, 1.165) is 22.7 Å². The van der Waals surface area contributed by atoms with E-state index in [1.165, 1.54) is 32.1 Å². The summed E-state index contributed by atoms with van der Waals surface area (Å²) in [5, 5.41) is 0. The highest BCUT2D eigenvalue weighted by atomic mass is 17.2. The minimum absolute atomic E-state index is 0.529. The maximum Gasteiger partial charge on any atom is 0.104 e. The Morgan fingerprint density at radius 3 is 1.61 bits per heavy atom. The highest BCUT2D eigenvalue weighted by molar-refractivity contribution is 5.67. The molecule has 0 radical (unpaired) electrons. The van der Waals surface area contributed by atoms with Crippen molar-refractivity contribution in [1.82, 2.24) is 0 Å². The number of unbranched alkanes of at least 4 members (excludes halogenated alkanes) is 3. The van der Waals surface area contributed by atoms with Crippen LogP contribution in [0.5, 0.6) is 0 Å². The van der Waals surface area contributed by atoms with Gasteiger partial charge < -0.3 is 0 Å². The summed E-state index contributed by atoms with van der Waals surface area (Å²) >= 11 is 0. The van der Waals surface area contributed by atoms with Crippen LogP contribution >= 0.6 is 0 Å². The van der Waals surface area contributed by atoms with Crippen molar-refractivity contribution in [3.05, 3.63) is 36.4 Å². The summed E-state index contributed by atoms with van der Waals surface area (Å²) in [4.78, 5) is 9.68. The van der Waals surface area contributed by atoms with Gasteiger partial charge in [0.1, 0.15) is 6.10 Å². The van der Waals surface area contributed by atoms with E-state index in [0.29, 0.717) is 6.10 Å². The summed E-state index contributed by atoms with van der Waals surface area (Å²) in [6, 6.07) is 12.0. The molecule has 0 aromatic heterocycles. The molecular formula is C21H34O2. The molecule has 2 spiro atoms. The summed E-state index contributed by atoms with van der Waals surface area (Å²) in [6.45, 7) is 8.46. The summed E-state index contributed by atoms with van der Waals surface area (Å²) < 4.78 is 0. The predicted molar refractivity (Wildman–Crippen MR) is 96.0 cm³/mol. The van der Waals surface area contributed by atoms with Crippen LogP contribution in [0.1, 0.15) is 59.8 Å². The van der Waals surface area contributed by atoms with Gasteiger partial charge in [-0.25, -0.2) is 9.78 Å². The second-order valence-corrected chi connectivity index (χ2v) is 6.75. The van der Waals surface area contributed by atoms with Gasteiger partial charge >= 0.3 is 0 Å². The molecule has 1 aromatic rings. The van der Waals surface area contributed by atoms with Crippen molar-refractivity contribution in [1.29, 1.82) is 0 Å². The summed E-state index contributed by atoms with van der Waals surface area (Å²) in [7, 11) is 1.61. The van der Waals surface area contributed by atoms with Crippen molar-refractivity contribution >= 4 is 0 Å². The average molecular weight is 319 g/mol. The van der Waals surface area contributed by atoms with Crippen LogP contribution in [-0.4, -0.2) is 13.2 Å². The minimum atomic E-state index is 0.529. The van der Waals surface area contributed by atoms with E-state index >= 15 is 0 Å². The van der Waals surface area contributed by atoms with Crippen molar-refractivity contribution in [2.75, 3.05) is 7.11 Å². The van der Waals surface area contributed by atoms with Crippen molar-refractivity contribution in [3.8, 4) is 0 Å². The second-order valence-electron chi connectivity index (χ2n) is 6.75. The third kappa shape index (κ3) is 2.96. The lowest BCUT2D eigenvalue weighted by Gasteiger charge is -2.04. The van der Waals surface area contributed by atoms with Gasteiger partial charge in [-0.1, -0.05) is 89.8 Å². The molecule has 0 aliphatic heterocycles. The van der Waals surface area contributed by atoms with E-state index in [1.54, 1.807) is 7.11 Å². The number of hydrogen-bond acceptors (Lipinski definition) is 2. The molecule has 130 valence electrons. The zero-order chi connectivity index (χ0) is 16.9. The number of rotatable bonds is 5. The molecule has 2 heteroatoms. The number of benzene rings is 1. The lowest BCUT2D eigenvalue weighted by Crippen LogP contribution is -2.07. The van der Waals surface area contributed by atoms with E-state index < -0.39 is 0 Å². The molecular weight excluding hydrogens is 284 g/mol. The first-order valence-electron chi connectivity index (χ1n) is 9.51. The lowest BCUT2D eigenvalue weighted by molar-refractivity contribution is -0.295. The fourth-order valence-corrected chi connectivity index (χ4v) is 4.43. The van der Waals surface area contributed by atoms with Crippen LogP contribution < -0.4 is 0 Å². The highest BCUT2D eigenvalue weighted by Gasteiger charge is 3.22. The Hall–Kier alpha value is -0.860. The first kappa shape index (κ1) is 18.5. The summed E-state index contributed by atoms with van der Waals surface area (Å²) in [5.41, 5.74) is 1.62. The Balaban J connectivity index is 0.000000124. The van der Waals surface area contributed by atoms with Gasteiger partial charge in [0.2, 0.25) is 0 Å². The molecule has 4 fully saturated rings. The van der Waals surface area contributed by atoms with E-state index in [1.807, 2.05) is 50.2 Å². The molecule has 5 unspecified atom stereocenters. The molecule has 0 N–H and O–H groups in total. The monoisotopic (exact) mass is 318 g/mol. The van der Waals surface area contributed by atoms with Crippen LogP contribution in [0.2, 0.25) is 0 Å². The van der Waals surface area contributed by atoms with Crippen molar-refractivity contribution in [2.45, 2.75) is 65.9 Å². The molecule has 4 aliphatic rings. The first-order valence-corrected chi connectivity index (χ1v) is 9.51. The fraction of sp³-hybridized carbons (Fsp3) is 0.714. The molecule has 5 atom stereocenters. The maximum atomic E-state index is 5.06. The fourth-order valence-electron chi connectivity index (χ4n) is 4.43. The quantitative estimate of drug-likeness (QED) is 0.383. The van der Waals surface area contributed by atoms with E-state index in [4.69, 9.17) is 4.89 Å². The zero-order valence-electron chi connectivity index (χ0n) is 15.5. The molecule has 1 aromatic carbocycles. The zero-order valence-corrected chi connectivity index (χ0v) is 15.5. The van der Waals surface area contributed by atoms with E-state index in [9.17, 15) is 0 Å². The maximum absolute atomic E-state index is 5.06.